The van der Waals surface area contributed by atoms with Gasteiger partial charge >= 0.3 is 0 Å². The Morgan fingerprint density at radius 2 is 1.43 bits per heavy atom. The van der Waals surface area contributed by atoms with Gasteiger partial charge in [0.05, 0.1) is 19.3 Å². The first-order chi connectivity index (χ1) is 14.6. The average Bonchev–Trinajstić information content (AvgIpc) is 2.80. The van der Waals surface area contributed by atoms with Gasteiger partial charge in [-0.25, -0.2) is 0 Å². The Bertz CT molecular complexity index is 914. The third-order valence-corrected chi connectivity index (χ3v) is 5.10. The SMILES string of the molecule is CC(COCCOc1ccccc1)=N[C@@](C)(c1ccccc1)[C@H](N)c1ccccc1. The van der Waals surface area contributed by atoms with Crippen molar-refractivity contribution in [3.63, 3.8) is 0 Å². The van der Waals surface area contributed by atoms with Crippen LogP contribution in [0.3, 0.4) is 0 Å². The van der Waals surface area contributed by atoms with Crippen LogP contribution >= 0.6 is 0 Å². The highest BCUT2D eigenvalue weighted by Gasteiger charge is 2.34. The van der Waals surface area contributed by atoms with Gasteiger partial charge in [-0.2, -0.15) is 0 Å². The van der Waals surface area contributed by atoms with E-state index in [0.717, 1.165) is 22.6 Å². The molecule has 3 aromatic rings. The maximum absolute atomic E-state index is 6.73. The fourth-order valence-electron chi connectivity index (χ4n) is 3.46. The molecule has 4 heteroatoms. The topological polar surface area (TPSA) is 56.8 Å². The van der Waals surface area contributed by atoms with Gasteiger partial charge in [0, 0.05) is 5.71 Å². The van der Waals surface area contributed by atoms with E-state index in [2.05, 4.69) is 19.1 Å². The van der Waals surface area contributed by atoms with Crippen molar-refractivity contribution in [1.29, 1.82) is 0 Å². The molecule has 2 atom stereocenters. The lowest BCUT2D eigenvalue weighted by atomic mass is 9.81. The minimum atomic E-state index is -0.601. The molecule has 0 spiro atoms. The maximum atomic E-state index is 6.73. The number of rotatable bonds is 10. The van der Waals surface area contributed by atoms with E-state index >= 15 is 0 Å². The van der Waals surface area contributed by atoms with Crippen LogP contribution in [0.2, 0.25) is 0 Å². The van der Waals surface area contributed by atoms with Crippen LogP contribution in [0.1, 0.15) is 31.0 Å². The van der Waals surface area contributed by atoms with Crippen LogP contribution < -0.4 is 10.5 Å². The first kappa shape index (κ1) is 21.8. The first-order valence-electron chi connectivity index (χ1n) is 10.3. The molecule has 0 heterocycles. The van der Waals surface area contributed by atoms with Crippen molar-refractivity contribution in [3.05, 3.63) is 102 Å². The molecule has 0 saturated carbocycles. The number of benzene rings is 3. The highest BCUT2D eigenvalue weighted by atomic mass is 16.5. The quantitative estimate of drug-likeness (QED) is 0.376. The van der Waals surface area contributed by atoms with E-state index in [1.807, 2.05) is 85.8 Å². The molecule has 4 nitrogen and oxygen atoms in total. The molecule has 3 rings (SSSR count). The molecule has 0 bridgehead atoms. The van der Waals surface area contributed by atoms with Crippen molar-refractivity contribution in [2.75, 3.05) is 19.8 Å². The Hall–Kier alpha value is -2.95. The maximum Gasteiger partial charge on any atom is 0.119 e. The Kier molecular flexibility index (Phi) is 7.77. The van der Waals surface area contributed by atoms with Crippen molar-refractivity contribution in [2.45, 2.75) is 25.4 Å². The summed E-state index contributed by atoms with van der Waals surface area (Å²) in [6.07, 6.45) is 0. The molecule has 3 aromatic carbocycles. The second kappa shape index (κ2) is 10.7. The monoisotopic (exact) mass is 402 g/mol. The van der Waals surface area contributed by atoms with Crippen LogP contribution in [0.25, 0.3) is 0 Å². The molecule has 0 fully saturated rings. The summed E-state index contributed by atoms with van der Waals surface area (Å²) in [6.45, 7) is 5.49. The lowest BCUT2D eigenvalue weighted by Gasteiger charge is -2.33. The number of hydrogen-bond acceptors (Lipinski definition) is 4. The van der Waals surface area contributed by atoms with Gasteiger partial charge in [0.15, 0.2) is 0 Å². The predicted octanol–water partition coefficient (Wildman–Crippen LogP) is 5.16. The Morgan fingerprint density at radius 3 is 2.07 bits per heavy atom. The minimum Gasteiger partial charge on any atom is -0.491 e. The van der Waals surface area contributed by atoms with Crippen LogP contribution in [0.15, 0.2) is 96.0 Å². The molecule has 0 unspecified atom stereocenters. The summed E-state index contributed by atoms with van der Waals surface area (Å²) in [6, 6.07) is 29.8. The highest BCUT2D eigenvalue weighted by molar-refractivity contribution is 5.83. The van der Waals surface area contributed by atoms with Gasteiger partial charge in [0.2, 0.25) is 0 Å². The predicted molar refractivity (Wildman–Crippen MR) is 123 cm³/mol. The van der Waals surface area contributed by atoms with Crippen LogP contribution in [0.5, 0.6) is 5.75 Å². The second-order valence-electron chi connectivity index (χ2n) is 7.46. The summed E-state index contributed by atoms with van der Waals surface area (Å²) in [7, 11) is 0. The number of hydrogen-bond donors (Lipinski definition) is 1. The molecule has 2 N–H and O–H groups in total. The molecule has 0 aliphatic rings. The van der Waals surface area contributed by atoms with Gasteiger partial charge in [0.1, 0.15) is 17.9 Å². The highest BCUT2D eigenvalue weighted by Crippen LogP contribution is 2.37. The lowest BCUT2D eigenvalue weighted by molar-refractivity contribution is 0.127. The van der Waals surface area contributed by atoms with Crippen LogP contribution in [0.4, 0.5) is 0 Å². The van der Waals surface area contributed by atoms with Crippen molar-refractivity contribution >= 4 is 5.71 Å². The average molecular weight is 403 g/mol. The van der Waals surface area contributed by atoms with Crippen LogP contribution in [-0.2, 0) is 10.3 Å². The third-order valence-electron chi connectivity index (χ3n) is 5.10. The lowest BCUT2D eigenvalue weighted by Crippen LogP contribution is -2.35. The first-order valence-corrected chi connectivity index (χ1v) is 10.3. The van der Waals surface area contributed by atoms with E-state index in [1.165, 1.54) is 0 Å². The van der Waals surface area contributed by atoms with Gasteiger partial charge in [0.25, 0.3) is 0 Å². The number of para-hydroxylation sites is 1. The van der Waals surface area contributed by atoms with Crippen LogP contribution in [0, 0.1) is 0 Å². The Morgan fingerprint density at radius 1 is 0.867 bits per heavy atom. The van der Waals surface area contributed by atoms with Gasteiger partial charge in [-0.1, -0.05) is 78.9 Å². The van der Waals surface area contributed by atoms with E-state index in [4.69, 9.17) is 20.2 Å². The summed E-state index contributed by atoms with van der Waals surface area (Å²) in [5, 5.41) is 0. The molecular weight excluding hydrogens is 372 g/mol. The van der Waals surface area contributed by atoms with Crippen molar-refractivity contribution in [2.24, 2.45) is 10.7 Å². The van der Waals surface area contributed by atoms with E-state index in [-0.39, 0.29) is 6.04 Å². The second-order valence-corrected chi connectivity index (χ2v) is 7.46. The van der Waals surface area contributed by atoms with Crippen molar-refractivity contribution in [1.82, 2.24) is 0 Å². The van der Waals surface area contributed by atoms with E-state index in [9.17, 15) is 0 Å². The Labute approximate surface area is 179 Å². The van der Waals surface area contributed by atoms with E-state index in [0.29, 0.717) is 19.8 Å². The largest absolute Gasteiger partial charge is 0.491 e. The molecule has 0 amide bonds. The summed E-state index contributed by atoms with van der Waals surface area (Å²) >= 11 is 0. The molecule has 30 heavy (non-hydrogen) atoms. The third kappa shape index (κ3) is 5.78. The smallest absolute Gasteiger partial charge is 0.119 e. The number of aliphatic imine (C=N–C) groups is 1. The van der Waals surface area contributed by atoms with Crippen molar-refractivity contribution < 1.29 is 9.47 Å². The minimum absolute atomic E-state index is 0.280. The molecule has 156 valence electrons. The van der Waals surface area contributed by atoms with Gasteiger partial charge in [-0.05, 0) is 37.1 Å². The van der Waals surface area contributed by atoms with Gasteiger partial charge < -0.3 is 15.2 Å². The standard InChI is InChI=1S/C26H30N2O2/c1-21(20-29-18-19-30-24-16-10-5-11-17-24)28-26(2,23-14-8-4-9-15-23)25(27)22-12-6-3-7-13-22/h3-17,25H,18-20,27H2,1-2H3/t25-,26+/m1/s1. The van der Waals surface area contributed by atoms with E-state index < -0.39 is 5.54 Å². The zero-order valence-electron chi connectivity index (χ0n) is 17.7. The van der Waals surface area contributed by atoms with E-state index in [1.54, 1.807) is 0 Å². The summed E-state index contributed by atoms with van der Waals surface area (Å²) in [5.74, 6) is 0.844. The molecule has 0 saturated heterocycles. The fourth-order valence-corrected chi connectivity index (χ4v) is 3.46. The van der Waals surface area contributed by atoms with Crippen molar-refractivity contribution in [3.8, 4) is 5.75 Å². The summed E-state index contributed by atoms with van der Waals surface area (Å²) < 4.78 is 11.5. The zero-order valence-corrected chi connectivity index (χ0v) is 17.7. The Balaban J connectivity index is 1.66. The number of nitrogens with two attached hydrogens (primary N) is 1. The number of ether oxygens (including phenoxy) is 2. The normalized spacial score (nSPS) is 14.7. The molecule has 0 radical (unpaired) electrons. The van der Waals surface area contributed by atoms with Gasteiger partial charge in [-0.3, -0.25) is 4.99 Å². The summed E-state index contributed by atoms with van der Waals surface area (Å²) in [4.78, 5) is 5.04. The van der Waals surface area contributed by atoms with Crippen LogP contribution in [-0.4, -0.2) is 25.5 Å². The molecule has 0 aromatic heterocycles. The van der Waals surface area contributed by atoms with Gasteiger partial charge in [-0.15, -0.1) is 0 Å². The summed E-state index contributed by atoms with van der Waals surface area (Å²) in [5.41, 5.74) is 9.15. The number of nitrogens with zero attached hydrogens (tertiary/aromatic N) is 1. The molecule has 0 aliphatic carbocycles. The molecular formula is C26H30N2O2. The zero-order chi connectivity index (χ0) is 21.2. The fraction of sp³-hybridized carbons (Fsp3) is 0.269. The molecule has 0 aliphatic heterocycles.